The number of carbonyl (C=O) groups is 3. The van der Waals surface area contributed by atoms with Gasteiger partial charge in [0.25, 0.3) is 0 Å². The van der Waals surface area contributed by atoms with Crippen LogP contribution in [0.1, 0.15) is 33.4 Å². The van der Waals surface area contributed by atoms with Gasteiger partial charge in [0.05, 0.1) is 0 Å². The number of rotatable bonds is 18. The highest BCUT2D eigenvalue weighted by atomic mass is 16.5. The smallest absolute Gasteiger partial charge is 0.408 e. The number of benzene rings is 6. The Hall–Kier alpha value is -7.27. The van der Waals surface area contributed by atoms with Gasteiger partial charge in [0.1, 0.15) is 38.5 Å². The van der Waals surface area contributed by atoms with Gasteiger partial charge in [0.15, 0.2) is 23.0 Å². The maximum absolute atomic E-state index is 14.1. The molecule has 4 N–H and O–H groups in total. The summed E-state index contributed by atoms with van der Waals surface area (Å²) in [6.45, 7) is 0.380. The molecule has 2 amide bonds. The molecule has 0 saturated heterocycles. The number of ether oxygens (including phenoxy) is 4. The van der Waals surface area contributed by atoms with Crippen molar-refractivity contribution >= 4 is 18.0 Å². The topological polar surface area (TPSA) is 153 Å². The van der Waals surface area contributed by atoms with Crippen LogP contribution in [0.15, 0.2) is 158 Å². The standard InChI is InChI=1S/C47H44N2O9/c50-41-27-37(21-23-43(41)55-29-33-13-5-1-6-14-33)25-39(49-47(54)58-32-36-19-11-4-12-20-36)45(52)48-40(46(53)57-31-35-17-9-3-10-18-35)26-38-22-24-44(42(51)28-38)56-30-34-15-7-2-8-16-34/h1-24,27-28,39-40,50-51H,25-26,29-32H2,(H,48,52)(H,49,54)/t39-,40-/m0/s1. The number of alkyl carbamates (subject to hydrolysis) is 1. The summed E-state index contributed by atoms with van der Waals surface area (Å²) in [4.78, 5) is 41.0. The molecule has 0 bridgehead atoms. The van der Waals surface area contributed by atoms with Crippen LogP contribution in [0.25, 0.3) is 0 Å². The number of amides is 2. The maximum atomic E-state index is 14.1. The van der Waals surface area contributed by atoms with E-state index < -0.39 is 30.1 Å². The van der Waals surface area contributed by atoms with Gasteiger partial charge in [-0.15, -0.1) is 0 Å². The van der Waals surface area contributed by atoms with Crippen LogP contribution in [0.4, 0.5) is 4.79 Å². The van der Waals surface area contributed by atoms with Crippen molar-refractivity contribution < 1.29 is 43.5 Å². The molecule has 11 heteroatoms. The van der Waals surface area contributed by atoms with E-state index in [-0.39, 0.29) is 62.3 Å². The Morgan fingerprint density at radius 1 is 0.448 bits per heavy atom. The molecule has 6 aromatic rings. The van der Waals surface area contributed by atoms with E-state index in [9.17, 15) is 24.6 Å². The first-order chi connectivity index (χ1) is 28.3. The minimum atomic E-state index is -1.26. The zero-order valence-corrected chi connectivity index (χ0v) is 31.7. The van der Waals surface area contributed by atoms with Gasteiger partial charge < -0.3 is 39.8 Å². The van der Waals surface area contributed by atoms with Crippen LogP contribution >= 0.6 is 0 Å². The van der Waals surface area contributed by atoms with E-state index in [0.29, 0.717) is 11.1 Å². The number of aromatic hydroxyl groups is 2. The van der Waals surface area contributed by atoms with Crippen molar-refractivity contribution in [1.82, 2.24) is 10.6 Å². The molecule has 0 heterocycles. The fourth-order valence-electron chi connectivity index (χ4n) is 5.98. The van der Waals surface area contributed by atoms with E-state index in [4.69, 9.17) is 18.9 Å². The van der Waals surface area contributed by atoms with E-state index in [0.717, 1.165) is 22.3 Å². The molecule has 2 atom stereocenters. The summed E-state index contributed by atoms with van der Waals surface area (Å²) in [5.41, 5.74) is 4.33. The molecule has 0 aromatic heterocycles. The minimum Gasteiger partial charge on any atom is -0.504 e. The van der Waals surface area contributed by atoms with E-state index >= 15 is 0 Å². The highest BCUT2D eigenvalue weighted by molar-refractivity contribution is 5.90. The van der Waals surface area contributed by atoms with E-state index in [1.165, 1.54) is 12.1 Å². The lowest BCUT2D eigenvalue weighted by atomic mass is 10.0. The Kier molecular flexibility index (Phi) is 14.3. The predicted molar refractivity (Wildman–Crippen MR) is 217 cm³/mol. The molecule has 0 aliphatic rings. The Morgan fingerprint density at radius 3 is 1.28 bits per heavy atom. The third-order valence-corrected chi connectivity index (χ3v) is 9.05. The number of carbonyl (C=O) groups excluding carboxylic acids is 3. The molecule has 0 saturated carbocycles. The number of hydrogen-bond donors (Lipinski definition) is 4. The molecule has 6 rings (SSSR count). The quantitative estimate of drug-likeness (QED) is 0.0648. The van der Waals surface area contributed by atoms with Gasteiger partial charge >= 0.3 is 12.1 Å². The Balaban J connectivity index is 1.19. The molecule has 0 aliphatic heterocycles. The summed E-state index contributed by atoms with van der Waals surface area (Å²) in [7, 11) is 0. The first kappa shape index (κ1) is 40.4. The Morgan fingerprint density at radius 2 is 0.845 bits per heavy atom. The number of esters is 1. The van der Waals surface area contributed by atoms with Crippen LogP contribution in [0.2, 0.25) is 0 Å². The highest BCUT2D eigenvalue weighted by Gasteiger charge is 2.29. The number of nitrogens with one attached hydrogen (secondary N) is 2. The van der Waals surface area contributed by atoms with Crippen molar-refractivity contribution in [2.45, 2.75) is 51.4 Å². The Labute approximate surface area is 336 Å². The molecule has 0 fully saturated rings. The molecule has 0 spiro atoms. The van der Waals surface area contributed by atoms with Crippen molar-refractivity contribution in [3.8, 4) is 23.0 Å². The monoisotopic (exact) mass is 780 g/mol. The van der Waals surface area contributed by atoms with Gasteiger partial charge in [0.2, 0.25) is 5.91 Å². The van der Waals surface area contributed by atoms with Gasteiger partial charge in [0, 0.05) is 12.8 Å². The molecular formula is C47H44N2O9. The van der Waals surface area contributed by atoms with Crippen LogP contribution in [0, 0.1) is 0 Å². The summed E-state index contributed by atoms with van der Waals surface area (Å²) in [6, 6.07) is 44.1. The van der Waals surface area contributed by atoms with E-state index in [1.807, 2.05) is 109 Å². The largest absolute Gasteiger partial charge is 0.504 e. The number of phenols is 2. The van der Waals surface area contributed by atoms with Crippen molar-refractivity contribution in [3.05, 3.63) is 191 Å². The van der Waals surface area contributed by atoms with Crippen molar-refractivity contribution in [2.75, 3.05) is 0 Å². The molecular weight excluding hydrogens is 737 g/mol. The summed E-state index contributed by atoms with van der Waals surface area (Å²) in [5, 5.41) is 27.1. The zero-order chi connectivity index (χ0) is 40.5. The first-order valence-electron chi connectivity index (χ1n) is 18.7. The lowest BCUT2D eigenvalue weighted by Gasteiger charge is -2.23. The summed E-state index contributed by atoms with van der Waals surface area (Å²) >= 11 is 0. The lowest BCUT2D eigenvalue weighted by molar-refractivity contribution is -0.149. The third kappa shape index (κ3) is 12.4. The second kappa shape index (κ2) is 20.6. The van der Waals surface area contributed by atoms with E-state index in [1.54, 1.807) is 36.4 Å². The van der Waals surface area contributed by atoms with Gasteiger partial charge in [-0.1, -0.05) is 133 Å². The van der Waals surface area contributed by atoms with Crippen LogP contribution in [0.5, 0.6) is 23.0 Å². The average molecular weight is 781 g/mol. The predicted octanol–water partition coefficient (Wildman–Crippen LogP) is 7.56. The van der Waals surface area contributed by atoms with Gasteiger partial charge in [-0.3, -0.25) is 4.79 Å². The first-order valence-corrected chi connectivity index (χ1v) is 18.7. The van der Waals surface area contributed by atoms with Crippen molar-refractivity contribution in [2.24, 2.45) is 0 Å². The zero-order valence-electron chi connectivity index (χ0n) is 31.7. The maximum Gasteiger partial charge on any atom is 0.408 e. The summed E-state index contributed by atoms with van der Waals surface area (Å²) < 4.78 is 22.7. The average Bonchev–Trinajstić information content (AvgIpc) is 3.25. The molecule has 58 heavy (non-hydrogen) atoms. The van der Waals surface area contributed by atoms with Gasteiger partial charge in [-0.25, -0.2) is 9.59 Å². The highest BCUT2D eigenvalue weighted by Crippen LogP contribution is 2.30. The van der Waals surface area contributed by atoms with Crippen LogP contribution in [-0.4, -0.2) is 40.3 Å². The van der Waals surface area contributed by atoms with Gasteiger partial charge in [-0.2, -0.15) is 0 Å². The molecule has 296 valence electrons. The second-order valence-electron chi connectivity index (χ2n) is 13.5. The minimum absolute atomic E-state index is 0.0434. The van der Waals surface area contributed by atoms with Crippen molar-refractivity contribution in [1.29, 1.82) is 0 Å². The van der Waals surface area contributed by atoms with Crippen LogP contribution in [0.3, 0.4) is 0 Å². The molecule has 0 radical (unpaired) electrons. The molecule has 6 aromatic carbocycles. The summed E-state index contributed by atoms with van der Waals surface area (Å²) in [6.07, 6.45) is -1.01. The normalized spacial score (nSPS) is 11.7. The molecule has 0 unspecified atom stereocenters. The molecule has 0 aliphatic carbocycles. The Bertz CT molecular complexity index is 2240. The van der Waals surface area contributed by atoms with Gasteiger partial charge in [-0.05, 0) is 57.6 Å². The fourth-order valence-corrected chi connectivity index (χ4v) is 5.98. The fraction of sp³-hybridized carbons (Fsp3) is 0.170. The number of hydrogen-bond acceptors (Lipinski definition) is 9. The van der Waals surface area contributed by atoms with Crippen molar-refractivity contribution in [3.63, 3.8) is 0 Å². The molecule has 11 nitrogen and oxygen atoms in total. The second-order valence-corrected chi connectivity index (χ2v) is 13.5. The van der Waals surface area contributed by atoms with Crippen LogP contribution in [-0.2, 0) is 58.3 Å². The SMILES string of the molecule is O=C(N[C@@H](Cc1ccc(OCc2ccccc2)c(O)c1)C(=O)N[C@@H](Cc1ccc(OCc2ccccc2)c(O)c1)C(=O)OCc1ccccc1)OCc1ccccc1. The summed E-state index contributed by atoms with van der Waals surface area (Å²) in [5.74, 6) is -1.26. The lowest BCUT2D eigenvalue weighted by Crippen LogP contribution is -2.53. The van der Waals surface area contributed by atoms with Crippen LogP contribution < -0.4 is 20.1 Å². The third-order valence-electron chi connectivity index (χ3n) is 9.05. The van der Waals surface area contributed by atoms with E-state index in [2.05, 4.69) is 10.6 Å². The number of phenolic OH excluding ortho intramolecular Hbond substituents is 2.